The number of rotatable bonds is 4. The molecule has 2 aromatic rings. The number of nitrogens with one attached hydrogen (secondary N) is 1. The van der Waals surface area contributed by atoms with Gasteiger partial charge in [-0.2, -0.15) is 0 Å². The second-order valence-electron chi connectivity index (χ2n) is 3.66. The molecular weight excluding hydrogens is 299 g/mol. The lowest BCUT2D eigenvalue weighted by molar-refractivity contribution is 0.386. The van der Waals surface area contributed by atoms with Gasteiger partial charge in [0.1, 0.15) is 4.60 Å². The molecule has 0 spiro atoms. The van der Waals surface area contributed by atoms with E-state index in [1.165, 1.54) is 13.2 Å². The highest BCUT2D eigenvalue weighted by atomic mass is 79.9. The molecule has 1 N–H and O–H groups in total. The van der Waals surface area contributed by atoms with Crippen LogP contribution in [-0.2, 0) is 6.54 Å². The van der Waals surface area contributed by atoms with Crippen LogP contribution in [-0.4, -0.2) is 12.1 Å². The number of ether oxygens (including phenoxy) is 1. The van der Waals surface area contributed by atoms with Crippen molar-refractivity contribution < 1.29 is 9.13 Å². The Bertz CT molecular complexity index is 548. The number of halogens is 2. The van der Waals surface area contributed by atoms with Gasteiger partial charge >= 0.3 is 0 Å². The minimum absolute atomic E-state index is 0.251. The number of benzene rings is 1. The maximum atomic E-state index is 13.5. The van der Waals surface area contributed by atoms with E-state index in [9.17, 15) is 4.39 Å². The van der Waals surface area contributed by atoms with Gasteiger partial charge < -0.3 is 10.1 Å². The Morgan fingerprint density at radius 3 is 2.89 bits per heavy atom. The molecular formula is C13H12BrFN2O. The summed E-state index contributed by atoms with van der Waals surface area (Å²) in [7, 11) is 1.45. The second-order valence-corrected chi connectivity index (χ2v) is 4.42. The highest BCUT2D eigenvalue weighted by Gasteiger charge is 2.04. The van der Waals surface area contributed by atoms with E-state index >= 15 is 0 Å². The van der Waals surface area contributed by atoms with Crippen molar-refractivity contribution in [2.24, 2.45) is 0 Å². The summed E-state index contributed by atoms with van der Waals surface area (Å²) in [6.07, 6.45) is 1.70. The first kappa shape index (κ1) is 12.8. The van der Waals surface area contributed by atoms with Crippen LogP contribution in [0, 0.1) is 5.82 Å². The lowest BCUT2D eigenvalue weighted by Crippen LogP contribution is -2.01. The van der Waals surface area contributed by atoms with Gasteiger partial charge in [0.15, 0.2) is 11.6 Å². The molecule has 0 aliphatic heterocycles. The summed E-state index contributed by atoms with van der Waals surface area (Å²) in [6, 6.07) is 8.62. The monoisotopic (exact) mass is 310 g/mol. The summed E-state index contributed by atoms with van der Waals surface area (Å²) in [5.74, 6) is -0.108. The lowest BCUT2D eigenvalue weighted by Gasteiger charge is -2.09. The van der Waals surface area contributed by atoms with Gasteiger partial charge in [0.25, 0.3) is 0 Å². The molecule has 0 atom stereocenters. The summed E-state index contributed by atoms with van der Waals surface area (Å²) in [5.41, 5.74) is 1.71. The molecule has 0 fully saturated rings. The van der Waals surface area contributed by atoms with Crippen LogP contribution in [0.5, 0.6) is 5.75 Å². The van der Waals surface area contributed by atoms with Crippen LogP contribution < -0.4 is 10.1 Å². The average Bonchev–Trinajstić information content (AvgIpc) is 2.38. The molecule has 0 unspecified atom stereocenters. The smallest absolute Gasteiger partial charge is 0.165 e. The SMILES string of the molecule is COc1ccc(CNc2cccnc2Br)cc1F. The highest BCUT2D eigenvalue weighted by Crippen LogP contribution is 2.21. The minimum atomic E-state index is -0.359. The third-order valence-electron chi connectivity index (χ3n) is 2.46. The zero-order valence-electron chi connectivity index (χ0n) is 9.78. The molecule has 0 radical (unpaired) electrons. The van der Waals surface area contributed by atoms with E-state index in [-0.39, 0.29) is 11.6 Å². The number of pyridine rings is 1. The van der Waals surface area contributed by atoms with E-state index in [2.05, 4.69) is 26.2 Å². The highest BCUT2D eigenvalue weighted by molar-refractivity contribution is 9.10. The molecule has 0 saturated carbocycles. The number of hydrogen-bond acceptors (Lipinski definition) is 3. The van der Waals surface area contributed by atoms with Gasteiger partial charge in [0, 0.05) is 12.7 Å². The fraction of sp³-hybridized carbons (Fsp3) is 0.154. The lowest BCUT2D eigenvalue weighted by atomic mass is 10.2. The zero-order valence-corrected chi connectivity index (χ0v) is 11.4. The number of aromatic nitrogens is 1. The Labute approximate surface area is 113 Å². The Hall–Kier alpha value is -1.62. The average molecular weight is 311 g/mol. The second kappa shape index (κ2) is 5.82. The van der Waals surface area contributed by atoms with E-state index in [1.807, 2.05) is 18.2 Å². The van der Waals surface area contributed by atoms with Crippen molar-refractivity contribution in [3.63, 3.8) is 0 Å². The van der Waals surface area contributed by atoms with Gasteiger partial charge in [-0.1, -0.05) is 6.07 Å². The molecule has 18 heavy (non-hydrogen) atoms. The normalized spacial score (nSPS) is 10.2. The summed E-state index contributed by atoms with van der Waals surface area (Å²) < 4.78 is 19.1. The predicted molar refractivity (Wildman–Crippen MR) is 72.2 cm³/mol. The summed E-state index contributed by atoms with van der Waals surface area (Å²) >= 11 is 3.34. The number of anilines is 1. The minimum Gasteiger partial charge on any atom is -0.494 e. The summed E-state index contributed by atoms with van der Waals surface area (Å²) in [4.78, 5) is 4.10. The van der Waals surface area contributed by atoms with Crippen molar-refractivity contribution >= 4 is 21.6 Å². The van der Waals surface area contributed by atoms with Gasteiger partial charge in [-0.15, -0.1) is 0 Å². The van der Waals surface area contributed by atoms with Crippen molar-refractivity contribution in [3.8, 4) is 5.75 Å². The zero-order chi connectivity index (χ0) is 13.0. The largest absolute Gasteiger partial charge is 0.494 e. The molecule has 1 heterocycles. The van der Waals surface area contributed by atoms with Crippen LogP contribution in [0.25, 0.3) is 0 Å². The number of methoxy groups -OCH3 is 1. The van der Waals surface area contributed by atoms with Crippen LogP contribution in [0.15, 0.2) is 41.1 Å². The predicted octanol–water partition coefficient (Wildman–Crippen LogP) is 3.60. The maximum absolute atomic E-state index is 13.5. The Morgan fingerprint density at radius 2 is 2.22 bits per heavy atom. The van der Waals surface area contributed by atoms with Crippen molar-refractivity contribution in [1.82, 2.24) is 4.98 Å². The van der Waals surface area contributed by atoms with E-state index < -0.39 is 0 Å². The molecule has 0 bridgehead atoms. The topological polar surface area (TPSA) is 34.1 Å². The van der Waals surface area contributed by atoms with Gasteiger partial charge in [-0.3, -0.25) is 0 Å². The Morgan fingerprint density at radius 1 is 1.39 bits per heavy atom. The molecule has 0 saturated heterocycles. The van der Waals surface area contributed by atoms with Crippen molar-refractivity contribution in [2.75, 3.05) is 12.4 Å². The maximum Gasteiger partial charge on any atom is 0.165 e. The third kappa shape index (κ3) is 2.98. The van der Waals surface area contributed by atoms with E-state index in [0.717, 1.165) is 15.9 Å². The van der Waals surface area contributed by atoms with Gasteiger partial charge in [-0.05, 0) is 45.8 Å². The van der Waals surface area contributed by atoms with E-state index in [0.29, 0.717) is 6.54 Å². The van der Waals surface area contributed by atoms with Crippen LogP contribution in [0.4, 0.5) is 10.1 Å². The molecule has 3 nitrogen and oxygen atoms in total. The molecule has 0 amide bonds. The third-order valence-corrected chi connectivity index (χ3v) is 3.09. The first-order valence-corrected chi connectivity index (χ1v) is 6.17. The van der Waals surface area contributed by atoms with E-state index in [1.54, 1.807) is 12.3 Å². The van der Waals surface area contributed by atoms with Crippen molar-refractivity contribution in [2.45, 2.75) is 6.54 Å². The van der Waals surface area contributed by atoms with Gasteiger partial charge in [-0.25, -0.2) is 9.37 Å². The molecule has 1 aromatic heterocycles. The van der Waals surface area contributed by atoms with Crippen LogP contribution in [0.1, 0.15) is 5.56 Å². The molecule has 5 heteroatoms. The van der Waals surface area contributed by atoms with Crippen LogP contribution >= 0.6 is 15.9 Å². The molecule has 0 aliphatic rings. The number of hydrogen-bond donors (Lipinski definition) is 1. The molecule has 0 aliphatic carbocycles. The first-order chi connectivity index (χ1) is 8.70. The number of nitrogens with zero attached hydrogens (tertiary/aromatic N) is 1. The van der Waals surface area contributed by atoms with Crippen LogP contribution in [0.2, 0.25) is 0 Å². The Balaban J connectivity index is 2.07. The van der Waals surface area contributed by atoms with Gasteiger partial charge in [0.05, 0.1) is 12.8 Å². The molecule has 1 aromatic carbocycles. The fourth-order valence-corrected chi connectivity index (χ4v) is 1.93. The molecule has 2 rings (SSSR count). The summed E-state index contributed by atoms with van der Waals surface area (Å²) in [6.45, 7) is 0.519. The quantitative estimate of drug-likeness (QED) is 0.876. The van der Waals surface area contributed by atoms with Crippen LogP contribution in [0.3, 0.4) is 0 Å². The van der Waals surface area contributed by atoms with Crippen molar-refractivity contribution in [1.29, 1.82) is 0 Å². The van der Waals surface area contributed by atoms with Crippen molar-refractivity contribution in [3.05, 3.63) is 52.5 Å². The molecule has 94 valence electrons. The first-order valence-electron chi connectivity index (χ1n) is 5.37. The summed E-state index contributed by atoms with van der Waals surface area (Å²) in [5, 5.41) is 3.18. The van der Waals surface area contributed by atoms with Gasteiger partial charge in [0.2, 0.25) is 0 Å². The Kier molecular flexibility index (Phi) is 4.15. The fourth-order valence-electron chi connectivity index (χ4n) is 1.54. The van der Waals surface area contributed by atoms with E-state index in [4.69, 9.17) is 4.74 Å². The standard InChI is InChI=1S/C13H12BrFN2O/c1-18-12-5-4-9(7-10(12)15)8-17-11-3-2-6-16-13(11)14/h2-7,17H,8H2,1H3.